The van der Waals surface area contributed by atoms with Gasteiger partial charge >= 0.3 is 0 Å². The second-order valence-electron chi connectivity index (χ2n) is 3.76. The molecule has 2 rings (SSSR count). The topological polar surface area (TPSA) is 17.1 Å². The van der Waals surface area contributed by atoms with Gasteiger partial charge in [0.05, 0.1) is 0 Å². The third kappa shape index (κ3) is 3.37. The van der Waals surface area contributed by atoms with E-state index in [2.05, 4.69) is 15.9 Å². The minimum atomic E-state index is -0.345. The number of allylic oxidation sites excluding steroid dienone is 1. The van der Waals surface area contributed by atoms with Crippen LogP contribution in [0.3, 0.4) is 0 Å². The molecule has 0 saturated heterocycles. The van der Waals surface area contributed by atoms with Gasteiger partial charge < -0.3 is 0 Å². The number of hydrogen-bond donors (Lipinski definition) is 0. The summed E-state index contributed by atoms with van der Waals surface area (Å²) in [5.41, 5.74) is 1.41. The van der Waals surface area contributed by atoms with E-state index in [1.165, 1.54) is 30.3 Å². The Bertz CT molecular complexity index is 588. The van der Waals surface area contributed by atoms with Crippen LogP contribution in [0, 0.1) is 5.82 Å². The molecule has 0 aliphatic heterocycles. The van der Waals surface area contributed by atoms with Crippen LogP contribution >= 0.6 is 15.9 Å². The van der Waals surface area contributed by atoms with E-state index in [1.807, 2.05) is 24.3 Å². The summed E-state index contributed by atoms with van der Waals surface area (Å²) in [5.74, 6) is -0.488. The van der Waals surface area contributed by atoms with Crippen LogP contribution in [-0.4, -0.2) is 5.78 Å². The Morgan fingerprint density at radius 1 is 1.11 bits per heavy atom. The maximum atomic E-state index is 12.7. The van der Waals surface area contributed by atoms with Gasteiger partial charge in [0.25, 0.3) is 0 Å². The highest BCUT2D eigenvalue weighted by molar-refractivity contribution is 9.10. The van der Waals surface area contributed by atoms with Gasteiger partial charge in [-0.25, -0.2) is 4.39 Å². The molecule has 0 spiro atoms. The number of carbonyl (C=O) groups excluding carboxylic acids is 1. The highest BCUT2D eigenvalue weighted by atomic mass is 79.9. The summed E-state index contributed by atoms with van der Waals surface area (Å²) in [6.45, 7) is 0. The Hall–Kier alpha value is -1.74. The first-order valence-corrected chi connectivity index (χ1v) is 6.18. The van der Waals surface area contributed by atoms with Crippen LogP contribution in [0.1, 0.15) is 15.9 Å². The quantitative estimate of drug-likeness (QED) is 0.603. The van der Waals surface area contributed by atoms with Crippen molar-refractivity contribution in [3.8, 4) is 0 Å². The standard InChI is InChI=1S/C15H10BrFO/c16-13-3-1-2-11(10-13)4-9-15(18)12-5-7-14(17)8-6-12/h1-10H. The molecule has 18 heavy (non-hydrogen) atoms. The van der Waals surface area contributed by atoms with Crippen molar-refractivity contribution in [3.05, 3.63) is 76.0 Å². The van der Waals surface area contributed by atoms with E-state index < -0.39 is 0 Å². The molecule has 0 fully saturated rings. The Labute approximate surface area is 113 Å². The van der Waals surface area contributed by atoms with Gasteiger partial charge in [-0.05, 0) is 48.0 Å². The van der Waals surface area contributed by atoms with E-state index in [9.17, 15) is 9.18 Å². The lowest BCUT2D eigenvalue weighted by Gasteiger charge is -1.96. The zero-order chi connectivity index (χ0) is 13.0. The first-order chi connectivity index (χ1) is 8.65. The Morgan fingerprint density at radius 2 is 1.83 bits per heavy atom. The first-order valence-electron chi connectivity index (χ1n) is 5.39. The molecule has 0 radical (unpaired) electrons. The molecule has 90 valence electrons. The molecule has 0 atom stereocenters. The summed E-state index contributed by atoms with van der Waals surface area (Å²) < 4.78 is 13.7. The van der Waals surface area contributed by atoms with Gasteiger partial charge in [0.15, 0.2) is 5.78 Å². The molecule has 0 aliphatic carbocycles. The maximum Gasteiger partial charge on any atom is 0.185 e. The van der Waals surface area contributed by atoms with E-state index in [0.717, 1.165) is 10.0 Å². The van der Waals surface area contributed by atoms with Crippen LogP contribution in [0.15, 0.2) is 59.1 Å². The fourth-order valence-electron chi connectivity index (χ4n) is 1.49. The lowest BCUT2D eigenvalue weighted by molar-refractivity contribution is 0.104. The average molecular weight is 305 g/mol. The second kappa shape index (κ2) is 5.74. The lowest BCUT2D eigenvalue weighted by Crippen LogP contribution is -1.93. The van der Waals surface area contributed by atoms with Crippen molar-refractivity contribution in [2.75, 3.05) is 0 Å². The molecule has 0 heterocycles. The van der Waals surface area contributed by atoms with Crippen molar-refractivity contribution in [2.45, 2.75) is 0 Å². The molecule has 0 saturated carbocycles. The molecule has 0 unspecified atom stereocenters. The molecule has 0 aromatic heterocycles. The predicted molar refractivity (Wildman–Crippen MR) is 73.9 cm³/mol. The summed E-state index contributed by atoms with van der Waals surface area (Å²) in [4.78, 5) is 11.8. The van der Waals surface area contributed by atoms with Crippen LogP contribution in [0.25, 0.3) is 6.08 Å². The molecule has 2 aromatic rings. The zero-order valence-corrected chi connectivity index (χ0v) is 11.0. The van der Waals surface area contributed by atoms with Gasteiger partial charge in [-0.1, -0.05) is 34.1 Å². The summed E-state index contributed by atoms with van der Waals surface area (Å²) in [7, 11) is 0. The molecular weight excluding hydrogens is 295 g/mol. The number of ketones is 1. The summed E-state index contributed by atoms with van der Waals surface area (Å²) in [6.07, 6.45) is 3.21. The monoisotopic (exact) mass is 304 g/mol. The second-order valence-corrected chi connectivity index (χ2v) is 4.68. The molecule has 0 bridgehead atoms. The third-order valence-electron chi connectivity index (χ3n) is 2.40. The average Bonchev–Trinajstić information content (AvgIpc) is 2.37. The fourth-order valence-corrected chi connectivity index (χ4v) is 1.91. The SMILES string of the molecule is O=C(C=Cc1cccc(Br)c1)c1ccc(F)cc1. The van der Waals surface area contributed by atoms with Crippen molar-refractivity contribution in [3.63, 3.8) is 0 Å². The number of benzene rings is 2. The first kappa shape index (κ1) is 12.7. The zero-order valence-electron chi connectivity index (χ0n) is 9.44. The van der Waals surface area contributed by atoms with Crippen molar-refractivity contribution in [1.29, 1.82) is 0 Å². The van der Waals surface area contributed by atoms with Crippen molar-refractivity contribution in [2.24, 2.45) is 0 Å². The van der Waals surface area contributed by atoms with Crippen LogP contribution < -0.4 is 0 Å². The van der Waals surface area contributed by atoms with Gasteiger partial charge in [-0.2, -0.15) is 0 Å². The molecule has 1 nitrogen and oxygen atoms in total. The van der Waals surface area contributed by atoms with Crippen LogP contribution in [0.5, 0.6) is 0 Å². The van der Waals surface area contributed by atoms with E-state index >= 15 is 0 Å². The van der Waals surface area contributed by atoms with Gasteiger partial charge in [0, 0.05) is 10.0 Å². The lowest BCUT2D eigenvalue weighted by atomic mass is 10.1. The molecule has 0 aliphatic rings. The molecule has 0 amide bonds. The summed E-state index contributed by atoms with van der Waals surface area (Å²) >= 11 is 3.36. The molecule has 2 aromatic carbocycles. The van der Waals surface area contributed by atoms with Crippen molar-refractivity contribution < 1.29 is 9.18 Å². The van der Waals surface area contributed by atoms with Gasteiger partial charge in [-0.3, -0.25) is 4.79 Å². The Balaban J connectivity index is 2.14. The van der Waals surface area contributed by atoms with E-state index in [0.29, 0.717) is 5.56 Å². The van der Waals surface area contributed by atoms with Crippen LogP contribution in [0.2, 0.25) is 0 Å². The smallest absolute Gasteiger partial charge is 0.185 e. The van der Waals surface area contributed by atoms with E-state index in [-0.39, 0.29) is 11.6 Å². The maximum absolute atomic E-state index is 12.7. The largest absolute Gasteiger partial charge is 0.289 e. The predicted octanol–water partition coefficient (Wildman–Crippen LogP) is 4.48. The minimum Gasteiger partial charge on any atom is -0.289 e. The molecule has 3 heteroatoms. The molecular formula is C15H10BrFO. The molecule has 0 N–H and O–H groups in total. The minimum absolute atomic E-state index is 0.144. The summed E-state index contributed by atoms with van der Waals surface area (Å²) in [5, 5.41) is 0. The Kier molecular flexibility index (Phi) is 4.05. The number of halogens is 2. The van der Waals surface area contributed by atoms with Gasteiger partial charge in [0.2, 0.25) is 0 Å². The summed E-state index contributed by atoms with van der Waals surface area (Å²) in [6, 6.07) is 13.1. The fraction of sp³-hybridized carbons (Fsp3) is 0. The third-order valence-corrected chi connectivity index (χ3v) is 2.90. The normalized spacial score (nSPS) is 10.8. The number of rotatable bonds is 3. The highest BCUT2D eigenvalue weighted by Gasteiger charge is 2.01. The van der Waals surface area contributed by atoms with Crippen LogP contribution in [0.4, 0.5) is 4.39 Å². The van der Waals surface area contributed by atoms with E-state index in [1.54, 1.807) is 6.08 Å². The number of carbonyl (C=O) groups is 1. The van der Waals surface area contributed by atoms with Gasteiger partial charge in [0.1, 0.15) is 5.82 Å². The highest BCUT2D eigenvalue weighted by Crippen LogP contribution is 2.13. The van der Waals surface area contributed by atoms with Gasteiger partial charge in [-0.15, -0.1) is 0 Å². The van der Waals surface area contributed by atoms with Crippen molar-refractivity contribution >= 4 is 27.8 Å². The van der Waals surface area contributed by atoms with Crippen LogP contribution in [-0.2, 0) is 0 Å². The Morgan fingerprint density at radius 3 is 2.50 bits per heavy atom. The van der Waals surface area contributed by atoms with Crippen molar-refractivity contribution in [1.82, 2.24) is 0 Å². The van der Waals surface area contributed by atoms with E-state index in [4.69, 9.17) is 0 Å². The number of hydrogen-bond acceptors (Lipinski definition) is 1.